The summed E-state index contributed by atoms with van der Waals surface area (Å²) in [6.45, 7) is 1.13. The molecule has 0 radical (unpaired) electrons. The fourth-order valence-corrected chi connectivity index (χ4v) is 1.75. The molecule has 82 valence electrons. The Morgan fingerprint density at radius 3 is 2.50 bits per heavy atom. The number of hydrogen-bond donors (Lipinski definition) is 1. The second-order valence-corrected chi connectivity index (χ2v) is 3.56. The summed E-state index contributed by atoms with van der Waals surface area (Å²) in [5, 5.41) is 0. The molecule has 1 aromatic heterocycles. The Morgan fingerprint density at radius 1 is 1.06 bits per heavy atom. The molecule has 16 heavy (non-hydrogen) atoms. The first kappa shape index (κ1) is 9.15. The Labute approximate surface area is 92.6 Å². The molecule has 0 fully saturated rings. The van der Waals surface area contributed by atoms with Crippen molar-refractivity contribution in [3.63, 3.8) is 0 Å². The van der Waals surface area contributed by atoms with Crippen LogP contribution in [0.1, 0.15) is 0 Å². The van der Waals surface area contributed by atoms with Crippen LogP contribution < -0.4 is 15.2 Å². The molecular formula is C12H11NO3. The maximum absolute atomic E-state index is 5.94. The van der Waals surface area contributed by atoms with Crippen LogP contribution in [0.2, 0.25) is 0 Å². The van der Waals surface area contributed by atoms with Crippen molar-refractivity contribution in [3.8, 4) is 22.8 Å². The van der Waals surface area contributed by atoms with Gasteiger partial charge in [-0.05, 0) is 18.2 Å². The number of anilines is 1. The van der Waals surface area contributed by atoms with Crippen molar-refractivity contribution in [2.75, 3.05) is 18.9 Å². The van der Waals surface area contributed by atoms with E-state index in [2.05, 4.69) is 0 Å². The molecule has 0 bridgehead atoms. The molecule has 0 atom stereocenters. The van der Waals surface area contributed by atoms with Gasteiger partial charge in [-0.2, -0.15) is 0 Å². The van der Waals surface area contributed by atoms with Crippen LogP contribution in [0.4, 0.5) is 5.69 Å². The molecule has 1 aliphatic rings. The summed E-state index contributed by atoms with van der Waals surface area (Å²) in [6, 6.07) is 7.31. The molecule has 1 aromatic carbocycles. The quantitative estimate of drug-likeness (QED) is 0.744. The van der Waals surface area contributed by atoms with E-state index in [-0.39, 0.29) is 0 Å². The monoisotopic (exact) mass is 217 g/mol. The van der Waals surface area contributed by atoms with E-state index in [9.17, 15) is 0 Å². The van der Waals surface area contributed by atoms with Crippen molar-refractivity contribution in [2.24, 2.45) is 0 Å². The van der Waals surface area contributed by atoms with Gasteiger partial charge in [-0.1, -0.05) is 0 Å². The normalized spacial score (nSPS) is 13.8. The second kappa shape index (κ2) is 3.48. The van der Waals surface area contributed by atoms with Gasteiger partial charge in [0.25, 0.3) is 0 Å². The fourth-order valence-electron chi connectivity index (χ4n) is 1.75. The van der Waals surface area contributed by atoms with Gasteiger partial charge in [-0.3, -0.25) is 0 Å². The van der Waals surface area contributed by atoms with E-state index in [1.807, 2.05) is 18.2 Å². The molecule has 2 aromatic rings. The summed E-state index contributed by atoms with van der Waals surface area (Å²) in [5.41, 5.74) is 7.39. The molecule has 0 spiro atoms. The predicted octanol–water partition coefficient (Wildman–Crippen LogP) is 2.30. The highest BCUT2D eigenvalue weighted by Crippen LogP contribution is 2.38. The van der Waals surface area contributed by atoms with Crippen molar-refractivity contribution in [1.29, 1.82) is 0 Å². The molecule has 4 heteroatoms. The maximum Gasteiger partial charge on any atom is 0.163 e. The summed E-state index contributed by atoms with van der Waals surface area (Å²) >= 11 is 0. The van der Waals surface area contributed by atoms with Gasteiger partial charge in [0.2, 0.25) is 0 Å². The van der Waals surface area contributed by atoms with Gasteiger partial charge in [0.05, 0.1) is 6.26 Å². The van der Waals surface area contributed by atoms with E-state index in [1.54, 1.807) is 12.3 Å². The number of rotatable bonds is 1. The number of hydrogen-bond acceptors (Lipinski definition) is 4. The molecule has 2 heterocycles. The number of nitrogens with two attached hydrogens (primary N) is 1. The van der Waals surface area contributed by atoms with E-state index in [0.717, 1.165) is 11.3 Å². The molecule has 0 aliphatic carbocycles. The zero-order valence-corrected chi connectivity index (χ0v) is 8.60. The number of nitrogen functional groups attached to an aromatic ring is 1. The van der Waals surface area contributed by atoms with Crippen LogP contribution in [-0.4, -0.2) is 13.2 Å². The third-order valence-electron chi connectivity index (χ3n) is 2.50. The van der Waals surface area contributed by atoms with Crippen LogP contribution in [0.15, 0.2) is 34.9 Å². The van der Waals surface area contributed by atoms with Crippen LogP contribution in [-0.2, 0) is 0 Å². The van der Waals surface area contributed by atoms with Crippen LogP contribution >= 0.6 is 0 Å². The molecule has 4 nitrogen and oxygen atoms in total. The Morgan fingerprint density at radius 2 is 1.81 bits per heavy atom. The molecule has 1 aliphatic heterocycles. The van der Waals surface area contributed by atoms with Gasteiger partial charge in [0.1, 0.15) is 19.0 Å². The maximum atomic E-state index is 5.94. The van der Waals surface area contributed by atoms with Gasteiger partial charge in [0.15, 0.2) is 11.5 Å². The van der Waals surface area contributed by atoms with Crippen molar-refractivity contribution >= 4 is 5.69 Å². The van der Waals surface area contributed by atoms with Crippen LogP contribution in [0.3, 0.4) is 0 Å². The molecule has 2 N–H and O–H groups in total. The Kier molecular flexibility index (Phi) is 1.99. The number of fused-ring (bicyclic) bond motifs is 1. The van der Waals surface area contributed by atoms with Gasteiger partial charge >= 0.3 is 0 Å². The minimum absolute atomic E-state index is 0.562. The lowest BCUT2D eigenvalue weighted by molar-refractivity contribution is 0.172. The first-order valence-electron chi connectivity index (χ1n) is 5.07. The highest BCUT2D eigenvalue weighted by molar-refractivity contribution is 5.76. The standard InChI is InChI=1S/C12H11NO3/c13-9-7-12-11(15-4-5-16-12)6-8(9)10-2-1-3-14-10/h1-3,6-7H,4-5,13H2. The highest BCUT2D eigenvalue weighted by Gasteiger charge is 2.16. The third kappa shape index (κ3) is 1.39. The van der Waals surface area contributed by atoms with Gasteiger partial charge in [-0.25, -0.2) is 0 Å². The summed E-state index contributed by atoms with van der Waals surface area (Å²) in [6.07, 6.45) is 1.62. The SMILES string of the molecule is Nc1cc2c(cc1-c1ccco1)OCCO2. The predicted molar refractivity (Wildman–Crippen MR) is 59.5 cm³/mol. The van der Waals surface area contributed by atoms with Crippen molar-refractivity contribution < 1.29 is 13.9 Å². The van der Waals surface area contributed by atoms with E-state index in [4.69, 9.17) is 19.6 Å². The van der Waals surface area contributed by atoms with Gasteiger partial charge in [-0.15, -0.1) is 0 Å². The van der Waals surface area contributed by atoms with Crippen molar-refractivity contribution in [2.45, 2.75) is 0 Å². The van der Waals surface area contributed by atoms with Crippen molar-refractivity contribution in [3.05, 3.63) is 30.5 Å². The van der Waals surface area contributed by atoms with E-state index >= 15 is 0 Å². The zero-order chi connectivity index (χ0) is 11.0. The van der Waals surface area contributed by atoms with Gasteiger partial charge in [0, 0.05) is 17.3 Å². The Balaban J connectivity index is 2.12. The summed E-state index contributed by atoms with van der Waals surface area (Å²) < 4.78 is 16.3. The average Bonchev–Trinajstić information content (AvgIpc) is 2.81. The summed E-state index contributed by atoms with van der Waals surface area (Å²) in [4.78, 5) is 0. The Bertz CT molecular complexity index is 505. The van der Waals surface area contributed by atoms with Crippen molar-refractivity contribution in [1.82, 2.24) is 0 Å². The minimum Gasteiger partial charge on any atom is -0.486 e. The van der Waals surface area contributed by atoms with Crippen LogP contribution in [0, 0.1) is 0 Å². The van der Waals surface area contributed by atoms with Gasteiger partial charge < -0.3 is 19.6 Å². The molecular weight excluding hydrogens is 206 g/mol. The molecule has 0 saturated heterocycles. The average molecular weight is 217 g/mol. The summed E-state index contributed by atoms with van der Waals surface area (Å²) in [7, 11) is 0. The highest BCUT2D eigenvalue weighted by atomic mass is 16.6. The Hall–Kier alpha value is -2.10. The van der Waals surface area contributed by atoms with Crippen LogP contribution in [0.25, 0.3) is 11.3 Å². The smallest absolute Gasteiger partial charge is 0.163 e. The lowest BCUT2D eigenvalue weighted by Crippen LogP contribution is -2.15. The number of furan rings is 1. The third-order valence-corrected chi connectivity index (χ3v) is 2.50. The zero-order valence-electron chi connectivity index (χ0n) is 8.60. The molecule has 0 unspecified atom stereocenters. The number of ether oxygens (including phenoxy) is 2. The first-order chi connectivity index (χ1) is 7.84. The molecule has 3 rings (SSSR count). The van der Waals surface area contributed by atoms with E-state index in [0.29, 0.717) is 30.4 Å². The fraction of sp³-hybridized carbons (Fsp3) is 0.167. The first-order valence-corrected chi connectivity index (χ1v) is 5.07. The largest absolute Gasteiger partial charge is 0.486 e. The van der Waals surface area contributed by atoms with E-state index in [1.165, 1.54) is 0 Å². The molecule has 0 saturated carbocycles. The van der Waals surface area contributed by atoms with E-state index < -0.39 is 0 Å². The number of benzene rings is 1. The minimum atomic E-state index is 0.562. The van der Waals surface area contributed by atoms with Crippen LogP contribution in [0.5, 0.6) is 11.5 Å². The molecule has 0 amide bonds. The second-order valence-electron chi connectivity index (χ2n) is 3.56. The summed E-state index contributed by atoms with van der Waals surface area (Å²) in [5.74, 6) is 2.14. The lowest BCUT2D eigenvalue weighted by Gasteiger charge is -2.19. The topological polar surface area (TPSA) is 57.6 Å². The lowest BCUT2D eigenvalue weighted by atomic mass is 10.1.